The minimum atomic E-state index is -0.647. The molecule has 2 fully saturated rings. The van der Waals surface area contributed by atoms with Crippen LogP contribution >= 0.6 is 0 Å². The Labute approximate surface area is 255 Å². The number of hydrazone groups is 1. The number of carbonyl (C=O) groups excluding carboxylic acids is 4. The van der Waals surface area contributed by atoms with Gasteiger partial charge < -0.3 is 25.6 Å². The quantitative estimate of drug-likeness (QED) is 0.204. The lowest BCUT2D eigenvalue weighted by atomic mass is 9.81. The highest BCUT2D eigenvalue weighted by molar-refractivity contribution is 5.91. The lowest BCUT2D eigenvalue weighted by molar-refractivity contribution is -0.142. The van der Waals surface area contributed by atoms with Crippen LogP contribution in [0.4, 0.5) is 4.79 Å². The van der Waals surface area contributed by atoms with Crippen LogP contribution < -0.4 is 21.4 Å². The zero-order valence-corrected chi connectivity index (χ0v) is 26.3. The van der Waals surface area contributed by atoms with Crippen LogP contribution in [0, 0.1) is 23.7 Å². The second kappa shape index (κ2) is 17.0. The molecule has 4 N–H and O–H groups in total. The standard InChI is InChI=1S/C32H50N6O5/c1-6-26(18-35-37-32(42)34-17-23-12-14-25(15-13-23)29(39)33-5)36-30(40)28-16-27(43-20-24-10-8-7-9-11-24)19-38(28)31(41)22(4)21(2)3/h7-11,18,21-23,25-28H,6,12-17,19-20H2,1-5H3,(H,33,39)(H,36,40)(H2,34,37,42)/b35-18+/t22-,23?,25?,26-,27+,28-/m0/s1. The molecule has 1 aliphatic carbocycles. The van der Waals surface area contributed by atoms with Crippen molar-refractivity contribution in [1.82, 2.24) is 26.3 Å². The lowest BCUT2D eigenvalue weighted by Crippen LogP contribution is -2.50. The third-order valence-corrected chi connectivity index (χ3v) is 8.77. The van der Waals surface area contributed by atoms with Crippen molar-refractivity contribution in [1.29, 1.82) is 0 Å². The summed E-state index contributed by atoms with van der Waals surface area (Å²) < 4.78 is 6.13. The predicted octanol–water partition coefficient (Wildman–Crippen LogP) is 3.20. The second-order valence-corrected chi connectivity index (χ2v) is 12.1. The number of urea groups is 1. The molecule has 238 valence electrons. The number of carbonyl (C=O) groups is 4. The molecule has 1 heterocycles. The van der Waals surface area contributed by atoms with Gasteiger partial charge in [0.2, 0.25) is 17.7 Å². The molecule has 3 rings (SSSR count). The van der Waals surface area contributed by atoms with Crippen LogP contribution in [0.2, 0.25) is 0 Å². The lowest BCUT2D eigenvalue weighted by Gasteiger charge is -2.28. The third kappa shape index (κ3) is 10.3. The molecular formula is C32H50N6O5. The van der Waals surface area contributed by atoms with Crippen molar-refractivity contribution in [3.05, 3.63) is 35.9 Å². The van der Waals surface area contributed by atoms with Crippen molar-refractivity contribution >= 4 is 30.0 Å². The van der Waals surface area contributed by atoms with E-state index in [1.54, 1.807) is 11.9 Å². The van der Waals surface area contributed by atoms with Gasteiger partial charge in [-0.1, -0.05) is 58.0 Å². The van der Waals surface area contributed by atoms with Crippen LogP contribution in [0.15, 0.2) is 35.4 Å². The first-order valence-electron chi connectivity index (χ1n) is 15.7. The molecule has 0 spiro atoms. The number of amides is 5. The summed E-state index contributed by atoms with van der Waals surface area (Å²) in [6.45, 7) is 9.11. The minimum Gasteiger partial charge on any atom is -0.372 e. The molecule has 1 aliphatic heterocycles. The van der Waals surface area contributed by atoms with E-state index < -0.39 is 18.1 Å². The number of hydrogen-bond donors (Lipinski definition) is 4. The first-order chi connectivity index (χ1) is 20.6. The zero-order valence-electron chi connectivity index (χ0n) is 26.3. The van der Waals surface area contributed by atoms with E-state index in [0.29, 0.717) is 38.5 Å². The molecule has 0 bridgehead atoms. The summed E-state index contributed by atoms with van der Waals surface area (Å²) >= 11 is 0. The third-order valence-electron chi connectivity index (χ3n) is 8.77. The van der Waals surface area contributed by atoms with Gasteiger partial charge in [0.15, 0.2) is 0 Å². The fraction of sp³-hybridized carbons (Fsp3) is 0.656. The number of nitrogens with one attached hydrogen (secondary N) is 4. The normalized spacial score (nSPS) is 23.5. The van der Waals surface area contributed by atoms with Gasteiger partial charge in [-0.15, -0.1) is 0 Å². The van der Waals surface area contributed by atoms with E-state index in [-0.39, 0.29) is 41.6 Å². The highest BCUT2D eigenvalue weighted by atomic mass is 16.5. The molecule has 1 saturated heterocycles. The predicted molar refractivity (Wildman–Crippen MR) is 166 cm³/mol. The summed E-state index contributed by atoms with van der Waals surface area (Å²) in [6.07, 6.45) is 5.65. The van der Waals surface area contributed by atoms with E-state index in [2.05, 4.69) is 26.5 Å². The molecule has 0 radical (unpaired) electrons. The number of rotatable bonds is 13. The maximum Gasteiger partial charge on any atom is 0.335 e. The van der Waals surface area contributed by atoms with Crippen LogP contribution in [-0.2, 0) is 25.7 Å². The Morgan fingerprint density at radius 1 is 1.05 bits per heavy atom. The van der Waals surface area contributed by atoms with Gasteiger partial charge in [-0.2, -0.15) is 5.10 Å². The topological polar surface area (TPSA) is 141 Å². The van der Waals surface area contributed by atoms with Crippen LogP contribution in [0.5, 0.6) is 0 Å². The summed E-state index contributed by atoms with van der Waals surface area (Å²) in [4.78, 5) is 52.6. The van der Waals surface area contributed by atoms with Crippen molar-refractivity contribution < 1.29 is 23.9 Å². The van der Waals surface area contributed by atoms with E-state index in [0.717, 1.165) is 31.2 Å². The molecule has 5 amide bonds. The summed E-state index contributed by atoms with van der Waals surface area (Å²) in [5.41, 5.74) is 3.52. The smallest absolute Gasteiger partial charge is 0.335 e. The Bertz CT molecular complexity index is 1090. The van der Waals surface area contributed by atoms with Gasteiger partial charge in [0.1, 0.15) is 6.04 Å². The Morgan fingerprint density at radius 2 is 1.74 bits per heavy atom. The maximum atomic E-state index is 13.5. The van der Waals surface area contributed by atoms with Gasteiger partial charge in [-0.25, -0.2) is 10.2 Å². The minimum absolute atomic E-state index is 0.0527. The van der Waals surface area contributed by atoms with Crippen LogP contribution in [0.3, 0.4) is 0 Å². The summed E-state index contributed by atoms with van der Waals surface area (Å²) in [7, 11) is 1.66. The van der Waals surface area contributed by atoms with E-state index >= 15 is 0 Å². The Hall–Kier alpha value is -3.47. The van der Waals surface area contributed by atoms with Gasteiger partial charge in [0, 0.05) is 44.6 Å². The average molecular weight is 599 g/mol. The van der Waals surface area contributed by atoms with Crippen LogP contribution in [0.1, 0.15) is 71.8 Å². The SMILES string of the molecule is CC[C@@H](/C=N/NC(=O)NCC1CCC(C(=O)NC)CC1)NC(=O)[C@@H]1C[C@@H](OCc2ccccc2)CN1C(=O)[C@@H](C)C(C)C. The zero-order chi connectivity index (χ0) is 31.4. The second-order valence-electron chi connectivity index (χ2n) is 12.1. The Morgan fingerprint density at radius 3 is 2.37 bits per heavy atom. The fourth-order valence-electron chi connectivity index (χ4n) is 5.56. The largest absolute Gasteiger partial charge is 0.372 e. The van der Waals surface area contributed by atoms with Crippen molar-refractivity contribution in [2.45, 2.75) is 91.0 Å². The average Bonchev–Trinajstić information content (AvgIpc) is 3.46. The van der Waals surface area contributed by atoms with Crippen LogP contribution in [0.25, 0.3) is 0 Å². The fourth-order valence-corrected chi connectivity index (χ4v) is 5.56. The molecule has 0 unspecified atom stereocenters. The van der Waals surface area contributed by atoms with E-state index in [1.165, 1.54) is 6.21 Å². The summed E-state index contributed by atoms with van der Waals surface area (Å²) in [6, 6.07) is 8.35. The van der Waals surface area contributed by atoms with Crippen molar-refractivity contribution in [2.24, 2.45) is 28.8 Å². The number of likely N-dealkylation sites (tertiary alicyclic amines) is 1. The van der Waals surface area contributed by atoms with Gasteiger partial charge in [0.25, 0.3) is 0 Å². The molecule has 1 saturated carbocycles. The van der Waals surface area contributed by atoms with Crippen molar-refractivity contribution in [3.63, 3.8) is 0 Å². The van der Waals surface area contributed by atoms with Crippen LogP contribution in [-0.4, -0.2) is 73.2 Å². The Kier molecular flexibility index (Phi) is 13.4. The van der Waals surface area contributed by atoms with Crippen molar-refractivity contribution in [2.75, 3.05) is 20.1 Å². The van der Waals surface area contributed by atoms with Crippen molar-refractivity contribution in [3.8, 4) is 0 Å². The first-order valence-corrected chi connectivity index (χ1v) is 15.7. The number of nitrogens with zero attached hydrogens (tertiary/aromatic N) is 2. The molecule has 1 aromatic rings. The molecule has 43 heavy (non-hydrogen) atoms. The highest BCUT2D eigenvalue weighted by Gasteiger charge is 2.42. The molecule has 11 nitrogen and oxygen atoms in total. The van der Waals surface area contributed by atoms with E-state index in [1.807, 2.05) is 58.0 Å². The molecule has 0 aromatic heterocycles. The van der Waals surface area contributed by atoms with Gasteiger partial charge in [0.05, 0.1) is 18.8 Å². The van der Waals surface area contributed by atoms with E-state index in [9.17, 15) is 19.2 Å². The van der Waals surface area contributed by atoms with E-state index in [4.69, 9.17) is 4.74 Å². The monoisotopic (exact) mass is 598 g/mol. The van der Waals surface area contributed by atoms with Gasteiger partial charge in [-0.3, -0.25) is 14.4 Å². The molecular weight excluding hydrogens is 548 g/mol. The molecule has 2 aliphatic rings. The molecule has 1 aromatic carbocycles. The van der Waals surface area contributed by atoms with Gasteiger partial charge in [-0.05, 0) is 49.5 Å². The number of benzene rings is 1. The number of hydrogen-bond acceptors (Lipinski definition) is 6. The summed E-state index contributed by atoms with van der Waals surface area (Å²) in [5.74, 6) is 0.0833. The molecule has 4 atom stereocenters. The summed E-state index contributed by atoms with van der Waals surface area (Å²) in [5, 5.41) is 12.6. The Balaban J connectivity index is 1.50. The first kappa shape index (κ1) is 34.0. The highest BCUT2D eigenvalue weighted by Crippen LogP contribution is 2.28. The molecule has 11 heteroatoms. The maximum absolute atomic E-state index is 13.5. The number of ether oxygens (including phenoxy) is 1. The van der Waals surface area contributed by atoms with Gasteiger partial charge >= 0.3 is 6.03 Å².